The second-order valence-corrected chi connectivity index (χ2v) is 10.6. The third-order valence-electron chi connectivity index (χ3n) is 5.25. The molecule has 0 fully saturated rings. The molecule has 0 aliphatic rings. The molecule has 3 aromatic carbocycles. The zero-order valence-electron chi connectivity index (χ0n) is 19.5. The van der Waals surface area contributed by atoms with E-state index in [4.69, 9.17) is 0 Å². The van der Waals surface area contributed by atoms with Gasteiger partial charge >= 0.3 is 0 Å². The van der Waals surface area contributed by atoms with Gasteiger partial charge in [-0.15, -0.1) is 23.1 Å². The summed E-state index contributed by atoms with van der Waals surface area (Å²) in [6, 6.07) is 20.8. The van der Waals surface area contributed by atoms with Gasteiger partial charge in [0.25, 0.3) is 5.91 Å². The Morgan fingerprint density at radius 2 is 1.57 bits per heavy atom. The summed E-state index contributed by atoms with van der Waals surface area (Å²) in [7, 11) is 0. The molecule has 1 atom stereocenters. The second-order valence-electron chi connectivity index (χ2n) is 8.02. The number of thioether (sulfide) groups is 1. The van der Waals surface area contributed by atoms with Crippen LogP contribution in [-0.2, 0) is 4.79 Å². The number of hydrogen-bond donors (Lipinski definition) is 2. The van der Waals surface area contributed by atoms with Crippen LogP contribution in [-0.4, -0.2) is 22.0 Å². The first-order valence-corrected chi connectivity index (χ1v) is 12.7. The average Bonchev–Trinajstić information content (AvgIpc) is 3.20. The lowest BCUT2D eigenvalue weighted by Gasteiger charge is -2.11. The molecule has 4 aromatic rings. The zero-order valence-corrected chi connectivity index (χ0v) is 21.1. The van der Waals surface area contributed by atoms with Crippen molar-refractivity contribution in [3.05, 3.63) is 94.6 Å². The van der Waals surface area contributed by atoms with Crippen molar-refractivity contribution in [2.75, 3.05) is 10.6 Å². The number of aromatic nitrogens is 1. The summed E-state index contributed by atoms with van der Waals surface area (Å²) in [5.74, 6) is -0.840. The van der Waals surface area contributed by atoms with Gasteiger partial charge in [-0.2, -0.15) is 0 Å². The maximum Gasteiger partial charge on any atom is 0.255 e. The van der Waals surface area contributed by atoms with Crippen LogP contribution in [0.3, 0.4) is 0 Å². The quantitative estimate of drug-likeness (QED) is 0.267. The second kappa shape index (κ2) is 10.8. The number of aryl methyl sites for hydroxylation is 2. The summed E-state index contributed by atoms with van der Waals surface area (Å²) in [5, 5.41) is 5.94. The van der Waals surface area contributed by atoms with Crippen LogP contribution in [0.5, 0.6) is 0 Å². The van der Waals surface area contributed by atoms with Crippen molar-refractivity contribution >= 4 is 45.7 Å². The lowest BCUT2D eigenvalue weighted by Crippen LogP contribution is -2.22. The summed E-state index contributed by atoms with van der Waals surface area (Å²) >= 11 is 2.87. The molecule has 0 saturated heterocycles. The Morgan fingerprint density at radius 3 is 2.23 bits per heavy atom. The minimum absolute atomic E-state index is 0.132. The Morgan fingerprint density at radius 1 is 0.914 bits per heavy atom. The van der Waals surface area contributed by atoms with E-state index >= 15 is 0 Å². The number of thiazole rings is 1. The molecule has 0 radical (unpaired) electrons. The van der Waals surface area contributed by atoms with Gasteiger partial charge in [-0.3, -0.25) is 9.59 Å². The Labute approximate surface area is 211 Å². The Hall–Kier alpha value is -3.49. The van der Waals surface area contributed by atoms with E-state index in [1.54, 1.807) is 12.1 Å². The summed E-state index contributed by atoms with van der Waals surface area (Å²) < 4.78 is 13.0. The van der Waals surface area contributed by atoms with Crippen LogP contribution in [0.25, 0.3) is 11.3 Å². The number of carbonyl (C=O) groups excluding carboxylic acids is 2. The average molecular weight is 506 g/mol. The molecular formula is C27H24FN3O2S2. The maximum absolute atomic E-state index is 13.0. The fourth-order valence-corrected chi connectivity index (χ4v) is 5.02. The van der Waals surface area contributed by atoms with E-state index in [2.05, 4.69) is 15.6 Å². The van der Waals surface area contributed by atoms with Crippen LogP contribution < -0.4 is 10.6 Å². The van der Waals surface area contributed by atoms with Gasteiger partial charge < -0.3 is 10.6 Å². The lowest BCUT2D eigenvalue weighted by molar-refractivity contribution is -0.115. The summed E-state index contributed by atoms with van der Waals surface area (Å²) in [6.07, 6.45) is 0. The molecular weight excluding hydrogens is 481 g/mol. The Bertz CT molecular complexity index is 1330. The molecule has 5 nitrogen and oxygen atoms in total. The van der Waals surface area contributed by atoms with Crippen LogP contribution >= 0.6 is 23.1 Å². The Balaban J connectivity index is 1.34. The molecule has 1 aromatic heterocycles. The SMILES string of the molecule is Cc1ccc(-c2nc(NC(=O)C(C)Sc3ccc(NC(=O)c4ccc(F)cc4)cc3)sc2C)cc1. The van der Waals surface area contributed by atoms with Crippen LogP contribution in [0.4, 0.5) is 15.2 Å². The molecule has 2 amide bonds. The van der Waals surface area contributed by atoms with Crippen molar-refractivity contribution in [2.45, 2.75) is 30.9 Å². The molecule has 1 heterocycles. The number of carbonyl (C=O) groups is 2. The molecule has 2 N–H and O–H groups in total. The van der Waals surface area contributed by atoms with E-state index in [0.717, 1.165) is 21.0 Å². The highest BCUT2D eigenvalue weighted by Crippen LogP contribution is 2.32. The highest BCUT2D eigenvalue weighted by atomic mass is 32.2. The number of halogens is 1. The van der Waals surface area contributed by atoms with E-state index in [1.807, 2.05) is 57.2 Å². The van der Waals surface area contributed by atoms with Gasteiger partial charge in [0, 0.05) is 26.6 Å². The van der Waals surface area contributed by atoms with Crippen molar-refractivity contribution in [2.24, 2.45) is 0 Å². The van der Waals surface area contributed by atoms with Crippen molar-refractivity contribution in [1.82, 2.24) is 4.98 Å². The predicted molar refractivity (Wildman–Crippen MR) is 142 cm³/mol. The smallest absolute Gasteiger partial charge is 0.255 e. The highest BCUT2D eigenvalue weighted by molar-refractivity contribution is 8.00. The number of anilines is 2. The van der Waals surface area contributed by atoms with Gasteiger partial charge in [0.2, 0.25) is 5.91 Å². The molecule has 0 aliphatic heterocycles. The largest absolute Gasteiger partial charge is 0.322 e. The molecule has 0 spiro atoms. The molecule has 0 bridgehead atoms. The minimum atomic E-state index is -0.391. The molecule has 35 heavy (non-hydrogen) atoms. The van der Waals surface area contributed by atoms with Crippen molar-refractivity contribution in [3.63, 3.8) is 0 Å². The van der Waals surface area contributed by atoms with Gasteiger partial charge in [0.05, 0.1) is 10.9 Å². The maximum atomic E-state index is 13.0. The number of nitrogens with zero attached hydrogens (tertiary/aromatic N) is 1. The van der Waals surface area contributed by atoms with Gasteiger partial charge in [-0.1, -0.05) is 29.8 Å². The monoisotopic (exact) mass is 505 g/mol. The fourth-order valence-electron chi connectivity index (χ4n) is 3.32. The van der Waals surface area contributed by atoms with Gasteiger partial charge in [-0.05, 0) is 69.3 Å². The highest BCUT2D eigenvalue weighted by Gasteiger charge is 2.18. The van der Waals surface area contributed by atoms with Crippen molar-refractivity contribution in [3.8, 4) is 11.3 Å². The van der Waals surface area contributed by atoms with Crippen molar-refractivity contribution < 1.29 is 14.0 Å². The molecule has 0 aliphatic carbocycles. The van der Waals surface area contributed by atoms with E-state index in [9.17, 15) is 14.0 Å². The van der Waals surface area contributed by atoms with Gasteiger partial charge in [-0.25, -0.2) is 9.37 Å². The van der Waals surface area contributed by atoms with Crippen LogP contribution in [0.15, 0.2) is 77.7 Å². The van der Waals surface area contributed by atoms with Crippen LogP contribution in [0, 0.1) is 19.7 Å². The van der Waals surface area contributed by atoms with E-state index in [-0.39, 0.29) is 17.1 Å². The fraction of sp³-hybridized carbons (Fsp3) is 0.148. The third kappa shape index (κ3) is 6.35. The minimum Gasteiger partial charge on any atom is -0.322 e. The lowest BCUT2D eigenvalue weighted by atomic mass is 10.1. The Kier molecular flexibility index (Phi) is 7.63. The zero-order chi connectivity index (χ0) is 24.9. The molecule has 8 heteroatoms. The number of rotatable bonds is 7. The first-order valence-electron chi connectivity index (χ1n) is 11.0. The summed E-state index contributed by atoms with van der Waals surface area (Å²) in [5.41, 5.74) is 4.08. The van der Waals surface area contributed by atoms with Gasteiger partial charge in [0.1, 0.15) is 5.82 Å². The molecule has 1 unspecified atom stereocenters. The first-order chi connectivity index (χ1) is 16.8. The number of hydrogen-bond acceptors (Lipinski definition) is 5. The van der Waals surface area contributed by atoms with Crippen molar-refractivity contribution in [1.29, 1.82) is 0 Å². The van der Waals surface area contributed by atoms with E-state index < -0.39 is 5.82 Å². The first kappa shape index (κ1) is 24.6. The van der Waals surface area contributed by atoms with Crippen LogP contribution in [0.2, 0.25) is 0 Å². The summed E-state index contributed by atoms with van der Waals surface area (Å²) in [6.45, 7) is 5.88. The molecule has 4 rings (SSSR count). The third-order valence-corrected chi connectivity index (χ3v) is 7.25. The summed E-state index contributed by atoms with van der Waals surface area (Å²) in [4.78, 5) is 31.6. The predicted octanol–water partition coefficient (Wildman–Crippen LogP) is 6.94. The number of benzene rings is 3. The van der Waals surface area contributed by atoms with Gasteiger partial charge in [0.15, 0.2) is 5.13 Å². The van der Waals surface area contributed by atoms with Crippen LogP contribution in [0.1, 0.15) is 27.7 Å². The normalized spacial score (nSPS) is 11.7. The topological polar surface area (TPSA) is 71.1 Å². The van der Waals surface area contributed by atoms with E-state index in [1.165, 1.54) is 52.9 Å². The van der Waals surface area contributed by atoms with E-state index in [0.29, 0.717) is 16.4 Å². The molecule has 0 saturated carbocycles. The standard InChI is InChI=1S/C27H24FN3O2S2/c1-16-4-6-19(7-5-16)24-17(2)35-27(30-24)31-25(32)18(3)34-23-14-12-22(13-15-23)29-26(33)20-8-10-21(28)11-9-20/h4-15,18H,1-3H3,(H,29,33)(H,30,31,32). The number of amides is 2. The number of nitrogens with one attached hydrogen (secondary N) is 2. The molecule has 178 valence electrons.